The van der Waals surface area contributed by atoms with E-state index in [1.807, 2.05) is 24.3 Å². The van der Waals surface area contributed by atoms with Crippen molar-refractivity contribution in [2.24, 2.45) is 0 Å². The quantitative estimate of drug-likeness (QED) is 0.0434. The van der Waals surface area contributed by atoms with Gasteiger partial charge in [0.15, 0.2) is 11.5 Å². The molecule has 3 aromatic rings. The Morgan fingerprint density at radius 2 is 1.27 bits per heavy atom. The SMILES string of the molecule is CCCCCCCCCN(CC)CCCN(CCCCCCCCC)CCCCCC(=O)Nc1nc(OCCCC)nc2c1[nH]c(=O)n2Cc1cccc(CC(=O)OC)c1. The van der Waals surface area contributed by atoms with Gasteiger partial charge in [-0.1, -0.05) is 142 Å². The molecule has 3 rings (SSSR count). The van der Waals surface area contributed by atoms with Gasteiger partial charge in [0.1, 0.15) is 5.52 Å². The molecule has 0 aliphatic rings. The van der Waals surface area contributed by atoms with E-state index in [9.17, 15) is 14.4 Å². The van der Waals surface area contributed by atoms with E-state index in [1.165, 1.54) is 121 Å². The van der Waals surface area contributed by atoms with Crippen LogP contribution in [0.2, 0.25) is 0 Å². The highest BCUT2D eigenvalue weighted by atomic mass is 16.5. The van der Waals surface area contributed by atoms with Crippen molar-refractivity contribution < 1.29 is 19.1 Å². The second-order valence-electron chi connectivity index (χ2n) is 16.6. The molecular weight excluding hydrogens is 755 g/mol. The number of nitrogens with zero attached hydrogens (tertiary/aromatic N) is 5. The number of aromatic amines is 1. The number of carbonyl (C=O) groups excluding carboxylic acids is 2. The van der Waals surface area contributed by atoms with Gasteiger partial charge < -0.3 is 29.6 Å². The minimum atomic E-state index is -0.379. The highest BCUT2D eigenvalue weighted by Crippen LogP contribution is 2.22. The van der Waals surface area contributed by atoms with E-state index in [4.69, 9.17) is 9.47 Å². The van der Waals surface area contributed by atoms with Crippen LogP contribution in [0.15, 0.2) is 29.1 Å². The van der Waals surface area contributed by atoms with Gasteiger partial charge in [0.25, 0.3) is 0 Å². The summed E-state index contributed by atoms with van der Waals surface area (Å²) in [6.07, 6.45) is 25.0. The summed E-state index contributed by atoms with van der Waals surface area (Å²) < 4.78 is 12.2. The molecule has 0 aliphatic heterocycles. The molecule has 12 nitrogen and oxygen atoms in total. The first-order chi connectivity index (χ1) is 29.3. The minimum Gasteiger partial charge on any atom is -0.469 e. The number of fused-ring (bicyclic) bond motifs is 1. The van der Waals surface area contributed by atoms with Crippen LogP contribution in [0.4, 0.5) is 5.82 Å². The van der Waals surface area contributed by atoms with Crippen molar-refractivity contribution in [2.75, 3.05) is 58.3 Å². The molecule has 0 unspecified atom stereocenters. The van der Waals surface area contributed by atoms with E-state index in [0.717, 1.165) is 69.4 Å². The van der Waals surface area contributed by atoms with Gasteiger partial charge in [-0.2, -0.15) is 9.97 Å². The number of carbonyl (C=O) groups is 2. The van der Waals surface area contributed by atoms with Crippen LogP contribution in [0.5, 0.6) is 6.01 Å². The van der Waals surface area contributed by atoms with Crippen LogP contribution in [0.25, 0.3) is 11.2 Å². The number of hydrogen-bond donors (Lipinski definition) is 2. The molecule has 0 radical (unpaired) electrons. The van der Waals surface area contributed by atoms with Gasteiger partial charge in [0, 0.05) is 6.42 Å². The van der Waals surface area contributed by atoms with Crippen molar-refractivity contribution in [3.63, 3.8) is 0 Å². The Labute approximate surface area is 362 Å². The van der Waals surface area contributed by atoms with Crippen LogP contribution < -0.4 is 15.7 Å². The molecule has 0 bridgehead atoms. The Hall–Kier alpha value is -3.77. The monoisotopic (exact) mass is 836 g/mol. The number of unbranched alkanes of at least 4 members (excludes halogenated alkanes) is 15. The largest absolute Gasteiger partial charge is 0.469 e. The summed E-state index contributed by atoms with van der Waals surface area (Å²) in [5, 5.41) is 2.96. The second kappa shape index (κ2) is 31.1. The third-order valence-electron chi connectivity index (χ3n) is 11.4. The molecule has 0 atom stereocenters. The van der Waals surface area contributed by atoms with Gasteiger partial charge in [-0.05, 0) is 88.9 Å². The lowest BCUT2D eigenvalue weighted by atomic mass is 10.1. The Morgan fingerprint density at radius 3 is 1.90 bits per heavy atom. The molecule has 2 aromatic heterocycles. The van der Waals surface area contributed by atoms with Crippen molar-refractivity contribution in [2.45, 2.75) is 175 Å². The third-order valence-corrected chi connectivity index (χ3v) is 11.4. The lowest BCUT2D eigenvalue weighted by Gasteiger charge is -2.25. The molecule has 60 heavy (non-hydrogen) atoms. The molecule has 0 aliphatic carbocycles. The minimum absolute atomic E-state index is 0.111. The van der Waals surface area contributed by atoms with Gasteiger partial charge >= 0.3 is 17.7 Å². The van der Waals surface area contributed by atoms with Crippen molar-refractivity contribution in [3.05, 3.63) is 45.9 Å². The maximum absolute atomic E-state index is 13.3. The van der Waals surface area contributed by atoms with Crippen LogP contribution in [0, 0.1) is 0 Å². The predicted octanol–water partition coefficient (Wildman–Crippen LogP) is 10.1. The van der Waals surface area contributed by atoms with Crippen molar-refractivity contribution in [1.29, 1.82) is 0 Å². The summed E-state index contributed by atoms with van der Waals surface area (Å²) in [6, 6.07) is 7.57. The summed E-state index contributed by atoms with van der Waals surface area (Å²) in [4.78, 5) is 55.8. The summed E-state index contributed by atoms with van der Waals surface area (Å²) in [7, 11) is 1.36. The lowest BCUT2D eigenvalue weighted by molar-refractivity contribution is -0.139. The van der Waals surface area contributed by atoms with Gasteiger partial charge in [-0.15, -0.1) is 0 Å². The van der Waals surface area contributed by atoms with Gasteiger partial charge in [0.2, 0.25) is 5.91 Å². The Morgan fingerprint density at radius 1 is 0.700 bits per heavy atom. The molecule has 0 saturated heterocycles. The van der Waals surface area contributed by atoms with Crippen molar-refractivity contribution in [1.82, 2.24) is 29.3 Å². The summed E-state index contributed by atoms with van der Waals surface area (Å²) in [5.41, 5.74) is 1.92. The lowest BCUT2D eigenvalue weighted by Crippen LogP contribution is -2.32. The molecule has 2 N–H and O–H groups in total. The second-order valence-corrected chi connectivity index (χ2v) is 16.6. The fraction of sp³-hybridized carbons (Fsp3) is 0.729. The average Bonchev–Trinajstić information content (AvgIpc) is 3.56. The fourth-order valence-electron chi connectivity index (χ4n) is 7.74. The van der Waals surface area contributed by atoms with Crippen LogP contribution in [0.1, 0.15) is 174 Å². The first-order valence-corrected chi connectivity index (χ1v) is 23.8. The molecule has 12 heteroatoms. The number of imidazole rings is 1. The van der Waals surface area contributed by atoms with Crippen LogP contribution in [0.3, 0.4) is 0 Å². The average molecular weight is 836 g/mol. The van der Waals surface area contributed by atoms with Gasteiger partial charge in [-0.3, -0.25) is 14.2 Å². The smallest absolute Gasteiger partial charge is 0.328 e. The normalized spacial score (nSPS) is 11.6. The zero-order chi connectivity index (χ0) is 43.2. The van der Waals surface area contributed by atoms with E-state index in [1.54, 1.807) is 0 Å². The summed E-state index contributed by atoms with van der Waals surface area (Å²) in [6.45, 7) is 16.4. The van der Waals surface area contributed by atoms with E-state index in [2.05, 4.69) is 57.8 Å². The number of amides is 1. The number of aromatic nitrogens is 4. The molecule has 2 heterocycles. The highest BCUT2D eigenvalue weighted by Gasteiger charge is 2.19. The molecule has 0 spiro atoms. The van der Waals surface area contributed by atoms with Crippen LogP contribution in [-0.4, -0.2) is 94.2 Å². The Bertz CT molecular complexity index is 1670. The Balaban J connectivity index is 1.56. The number of benzene rings is 1. The summed E-state index contributed by atoms with van der Waals surface area (Å²) in [5.74, 6) is -0.252. The number of nitrogens with one attached hydrogen (secondary N) is 2. The first kappa shape index (κ1) is 50.6. The predicted molar refractivity (Wildman–Crippen MR) is 246 cm³/mol. The van der Waals surface area contributed by atoms with E-state index < -0.39 is 0 Å². The molecule has 1 aromatic carbocycles. The molecule has 0 fully saturated rings. The maximum Gasteiger partial charge on any atom is 0.328 e. The van der Waals surface area contributed by atoms with E-state index in [0.29, 0.717) is 24.2 Å². The van der Waals surface area contributed by atoms with Gasteiger partial charge in [0.05, 0.1) is 26.7 Å². The number of methoxy groups -OCH3 is 1. The van der Waals surface area contributed by atoms with Crippen LogP contribution >= 0.6 is 0 Å². The fourth-order valence-corrected chi connectivity index (χ4v) is 7.74. The molecular formula is C48H81N7O5. The molecule has 1 amide bonds. The van der Waals surface area contributed by atoms with E-state index >= 15 is 0 Å². The first-order valence-electron chi connectivity index (χ1n) is 23.8. The molecule has 338 valence electrons. The Kier molecular flexibility index (Phi) is 26.2. The number of anilines is 1. The number of hydrogen-bond acceptors (Lipinski definition) is 9. The zero-order valence-corrected chi connectivity index (χ0v) is 38.3. The topological polar surface area (TPSA) is 135 Å². The van der Waals surface area contributed by atoms with Crippen LogP contribution in [-0.2, 0) is 27.3 Å². The number of H-pyrrole nitrogens is 1. The van der Waals surface area contributed by atoms with Crippen molar-refractivity contribution in [3.8, 4) is 6.01 Å². The molecule has 0 saturated carbocycles. The highest BCUT2D eigenvalue weighted by molar-refractivity contribution is 5.97. The zero-order valence-electron chi connectivity index (χ0n) is 38.3. The number of esters is 1. The van der Waals surface area contributed by atoms with Crippen molar-refractivity contribution >= 4 is 28.9 Å². The van der Waals surface area contributed by atoms with E-state index in [-0.39, 0.29) is 42.4 Å². The van der Waals surface area contributed by atoms with Gasteiger partial charge in [-0.25, -0.2) is 4.79 Å². The number of rotatable bonds is 36. The summed E-state index contributed by atoms with van der Waals surface area (Å²) >= 11 is 0. The maximum atomic E-state index is 13.3. The third kappa shape index (κ3) is 20.2. The standard InChI is InChI=1S/C48H81N7O5/c1-6-10-13-15-17-19-23-31-53(9-4)34-27-35-54(32-24-20-18-16-14-11-7-2)33-25-21-22-30-42(56)49-45-44-46(52-47(51-45)60-36-12-8-3)55(48(58)50-44)39-41-29-26-28-40(37-41)38-43(57)59-5/h26,28-29,37H,6-25,27,30-36,38-39H2,1-5H3,(H,50,58)(H,49,51,52,56). The number of ether oxygens (including phenoxy) is 2.